The van der Waals surface area contributed by atoms with Crippen LogP contribution in [0.15, 0.2) is 6.20 Å². The number of ether oxygens (including phenoxy) is 1. The molecule has 0 fully saturated rings. The van der Waals surface area contributed by atoms with Crippen LogP contribution in [0.1, 0.15) is 11.8 Å². The zero-order valence-electron chi connectivity index (χ0n) is 7.54. The molecule has 80 valence electrons. The van der Waals surface area contributed by atoms with Crippen LogP contribution in [-0.2, 0) is 7.05 Å². The summed E-state index contributed by atoms with van der Waals surface area (Å²) in [4.78, 5) is 0. The average molecular weight is 210 g/mol. The molecule has 1 rings (SSSR count). The second kappa shape index (κ2) is 3.49. The van der Waals surface area contributed by atoms with Gasteiger partial charge in [-0.2, -0.15) is 18.3 Å². The van der Waals surface area contributed by atoms with Crippen molar-refractivity contribution in [3.63, 3.8) is 0 Å². The Hall–Kier alpha value is -1.24. The van der Waals surface area contributed by atoms with Crippen molar-refractivity contribution in [2.75, 3.05) is 7.11 Å². The molecule has 14 heavy (non-hydrogen) atoms. The number of hydrogen-bond acceptors (Lipinski definition) is 3. The highest BCUT2D eigenvalue weighted by atomic mass is 19.4. The van der Waals surface area contributed by atoms with E-state index >= 15 is 0 Å². The fourth-order valence-corrected chi connectivity index (χ4v) is 1.05. The molecule has 0 bridgehead atoms. The summed E-state index contributed by atoms with van der Waals surface area (Å²) in [5, 5.41) is 12.5. The van der Waals surface area contributed by atoms with Crippen LogP contribution in [0, 0.1) is 0 Å². The highest BCUT2D eigenvalue weighted by molar-refractivity contribution is 5.27. The molecule has 1 heterocycles. The topological polar surface area (TPSA) is 47.3 Å². The van der Waals surface area contributed by atoms with Gasteiger partial charge in [-0.1, -0.05) is 0 Å². The maximum absolute atomic E-state index is 12.2. The van der Waals surface area contributed by atoms with Crippen LogP contribution in [0.4, 0.5) is 13.2 Å². The summed E-state index contributed by atoms with van der Waals surface area (Å²) in [6, 6.07) is 0. The Morgan fingerprint density at radius 3 is 2.57 bits per heavy atom. The number of aromatic nitrogens is 2. The van der Waals surface area contributed by atoms with E-state index in [9.17, 15) is 13.2 Å². The molecule has 0 aliphatic rings. The minimum atomic E-state index is -4.72. The molecular weight excluding hydrogens is 201 g/mol. The number of aliphatic hydroxyl groups is 1. The first-order valence-corrected chi connectivity index (χ1v) is 3.68. The Morgan fingerprint density at radius 2 is 2.14 bits per heavy atom. The molecule has 0 saturated carbocycles. The van der Waals surface area contributed by atoms with Crippen LogP contribution in [0.5, 0.6) is 5.75 Å². The van der Waals surface area contributed by atoms with Crippen molar-refractivity contribution in [1.82, 2.24) is 9.78 Å². The van der Waals surface area contributed by atoms with E-state index < -0.39 is 18.0 Å². The summed E-state index contributed by atoms with van der Waals surface area (Å²) >= 11 is 0. The second-order valence-corrected chi connectivity index (χ2v) is 2.67. The van der Waals surface area contributed by atoms with Gasteiger partial charge < -0.3 is 9.84 Å². The fourth-order valence-electron chi connectivity index (χ4n) is 1.05. The molecule has 0 aliphatic carbocycles. The van der Waals surface area contributed by atoms with Crippen molar-refractivity contribution >= 4 is 0 Å². The summed E-state index contributed by atoms with van der Waals surface area (Å²) < 4.78 is 42.1. The molecule has 0 radical (unpaired) electrons. The molecule has 1 N–H and O–H groups in total. The Morgan fingerprint density at radius 1 is 1.57 bits per heavy atom. The lowest BCUT2D eigenvalue weighted by molar-refractivity contribution is -0.209. The lowest BCUT2D eigenvalue weighted by Gasteiger charge is -2.15. The third kappa shape index (κ3) is 1.82. The lowest BCUT2D eigenvalue weighted by Crippen LogP contribution is -2.23. The second-order valence-electron chi connectivity index (χ2n) is 2.67. The number of halogens is 3. The van der Waals surface area contributed by atoms with Crippen LogP contribution in [-0.4, -0.2) is 28.2 Å². The van der Waals surface area contributed by atoms with Gasteiger partial charge in [-0.3, -0.25) is 4.68 Å². The SMILES string of the molecule is COc1cnn(C)c1[C@@H](O)C(F)(F)F. The van der Waals surface area contributed by atoms with Gasteiger partial charge in [-0.25, -0.2) is 0 Å². The summed E-state index contributed by atoms with van der Waals surface area (Å²) in [7, 11) is 2.51. The average Bonchev–Trinajstić information content (AvgIpc) is 2.43. The highest BCUT2D eigenvalue weighted by Gasteiger charge is 2.42. The van der Waals surface area contributed by atoms with Crippen molar-refractivity contribution in [3.05, 3.63) is 11.9 Å². The van der Waals surface area contributed by atoms with E-state index in [4.69, 9.17) is 5.11 Å². The largest absolute Gasteiger partial charge is 0.493 e. The fraction of sp³-hybridized carbons (Fsp3) is 0.571. The van der Waals surface area contributed by atoms with Gasteiger partial charge in [-0.15, -0.1) is 0 Å². The smallest absolute Gasteiger partial charge is 0.420 e. The Bertz CT molecular complexity index is 321. The lowest BCUT2D eigenvalue weighted by atomic mass is 10.2. The molecule has 0 aliphatic heterocycles. The van der Waals surface area contributed by atoms with Crippen LogP contribution >= 0.6 is 0 Å². The third-order valence-corrected chi connectivity index (χ3v) is 1.74. The molecule has 0 unspecified atom stereocenters. The van der Waals surface area contributed by atoms with Gasteiger partial charge in [0, 0.05) is 7.05 Å². The number of rotatable bonds is 2. The molecule has 0 amide bonds. The summed E-state index contributed by atoms with van der Waals surface area (Å²) in [5.41, 5.74) is -0.403. The van der Waals surface area contributed by atoms with Crippen molar-refractivity contribution in [3.8, 4) is 5.75 Å². The summed E-state index contributed by atoms with van der Waals surface area (Å²) in [6.45, 7) is 0. The van der Waals surface area contributed by atoms with Crippen molar-refractivity contribution in [1.29, 1.82) is 0 Å². The molecule has 4 nitrogen and oxygen atoms in total. The van der Waals surface area contributed by atoms with E-state index in [1.54, 1.807) is 0 Å². The van der Waals surface area contributed by atoms with Crippen LogP contribution < -0.4 is 4.74 Å². The van der Waals surface area contributed by atoms with Gasteiger partial charge in [0.15, 0.2) is 11.9 Å². The molecule has 1 aromatic rings. The van der Waals surface area contributed by atoms with E-state index in [1.807, 2.05) is 0 Å². The standard InChI is InChI=1S/C7H9F3N2O2/c1-12-5(4(14-2)3-11-12)6(13)7(8,9)10/h3,6,13H,1-2H3/t6-/m1/s1. The van der Waals surface area contributed by atoms with E-state index in [0.717, 1.165) is 10.9 Å². The van der Waals surface area contributed by atoms with Gasteiger partial charge in [0.05, 0.1) is 13.3 Å². The van der Waals surface area contributed by atoms with Gasteiger partial charge in [0.1, 0.15) is 5.69 Å². The van der Waals surface area contributed by atoms with Crippen LogP contribution in [0.3, 0.4) is 0 Å². The maximum atomic E-state index is 12.2. The normalized spacial score (nSPS) is 14.1. The Labute approximate surface area is 77.9 Å². The van der Waals surface area contributed by atoms with Crippen LogP contribution in [0.2, 0.25) is 0 Å². The monoisotopic (exact) mass is 210 g/mol. The number of nitrogens with zero attached hydrogens (tertiary/aromatic N) is 2. The molecule has 7 heteroatoms. The first kappa shape index (κ1) is 10.8. The van der Waals surface area contributed by atoms with Gasteiger partial charge in [-0.05, 0) is 0 Å². The number of alkyl halides is 3. The van der Waals surface area contributed by atoms with Crippen LogP contribution in [0.25, 0.3) is 0 Å². The van der Waals surface area contributed by atoms with Gasteiger partial charge >= 0.3 is 6.18 Å². The molecule has 0 spiro atoms. The predicted octanol–water partition coefficient (Wildman–Crippen LogP) is 1.02. The minimum Gasteiger partial charge on any atom is -0.493 e. The third-order valence-electron chi connectivity index (χ3n) is 1.74. The molecule has 0 saturated heterocycles. The van der Waals surface area contributed by atoms with E-state index in [1.165, 1.54) is 14.2 Å². The first-order valence-electron chi connectivity index (χ1n) is 3.68. The Kier molecular flexibility index (Phi) is 2.70. The molecular formula is C7H9F3N2O2. The van der Waals surface area contributed by atoms with Crippen molar-refractivity contribution < 1.29 is 23.0 Å². The van der Waals surface area contributed by atoms with E-state index in [2.05, 4.69) is 9.84 Å². The zero-order chi connectivity index (χ0) is 10.9. The van der Waals surface area contributed by atoms with Crippen molar-refractivity contribution in [2.45, 2.75) is 12.3 Å². The minimum absolute atomic E-state index is 0.0858. The summed E-state index contributed by atoms with van der Waals surface area (Å²) in [5.74, 6) is -0.0858. The molecule has 0 aromatic carbocycles. The zero-order valence-corrected chi connectivity index (χ0v) is 7.54. The quantitative estimate of drug-likeness (QED) is 0.792. The van der Waals surface area contributed by atoms with Crippen molar-refractivity contribution in [2.24, 2.45) is 7.05 Å². The Balaban J connectivity index is 3.11. The van der Waals surface area contributed by atoms with Gasteiger partial charge in [0.25, 0.3) is 0 Å². The van der Waals surface area contributed by atoms with Gasteiger partial charge in [0.2, 0.25) is 0 Å². The summed E-state index contributed by atoms with van der Waals surface area (Å²) in [6.07, 6.45) is -6.18. The first-order chi connectivity index (χ1) is 6.38. The number of methoxy groups -OCH3 is 1. The number of aryl methyl sites for hydroxylation is 1. The maximum Gasteiger partial charge on any atom is 0.420 e. The number of aliphatic hydroxyl groups excluding tert-OH is 1. The molecule has 1 atom stereocenters. The van der Waals surface area contributed by atoms with E-state index in [-0.39, 0.29) is 5.75 Å². The predicted molar refractivity (Wildman–Crippen MR) is 40.8 cm³/mol. The van der Waals surface area contributed by atoms with E-state index in [0.29, 0.717) is 0 Å². The molecule has 1 aromatic heterocycles. The highest BCUT2D eigenvalue weighted by Crippen LogP contribution is 2.36. The number of hydrogen-bond donors (Lipinski definition) is 1.